The molecule has 2 heterocycles. The molecule has 1 aromatic heterocycles. The number of hydrogen-bond acceptors (Lipinski definition) is 6. The lowest BCUT2D eigenvalue weighted by Gasteiger charge is -2.36. The highest BCUT2D eigenvalue weighted by Gasteiger charge is 2.29. The molecule has 25 heavy (non-hydrogen) atoms. The standard InChI is InChI=1S/C15H27N5O3S2/c1-15(2,24-4)12-17-14(16-3)19-6-8-20(9-7-19)25(21,22)11-13-5-10-23-18-13/h5,10H,6-9,11-12H2,1-4H3,(H,16,17). The second kappa shape index (κ2) is 8.41. The molecule has 0 saturated carbocycles. The first kappa shape index (κ1) is 20.1. The van der Waals surface area contributed by atoms with Crippen molar-refractivity contribution >= 4 is 27.7 Å². The Labute approximate surface area is 154 Å². The van der Waals surface area contributed by atoms with Crippen LogP contribution in [0.1, 0.15) is 19.5 Å². The number of guanidine groups is 1. The van der Waals surface area contributed by atoms with Gasteiger partial charge >= 0.3 is 0 Å². The van der Waals surface area contributed by atoms with E-state index in [9.17, 15) is 8.42 Å². The van der Waals surface area contributed by atoms with E-state index in [4.69, 9.17) is 4.52 Å². The van der Waals surface area contributed by atoms with Gasteiger partial charge in [-0.3, -0.25) is 4.99 Å². The number of piperazine rings is 1. The van der Waals surface area contributed by atoms with Gasteiger partial charge in [0.15, 0.2) is 5.96 Å². The van der Waals surface area contributed by atoms with Gasteiger partial charge in [-0.1, -0.05) is 5.16 Å². The third-order valence-electron chi connectivity index (χ3n) is 4.19. The predicted molar refractivity (Wildman–Crippen MR) is 101 cm³/mol. The second-order valence-corrected chi connectivity index (χ2v) is 9.98. The van der Waals surface area contributed by atoms with Crippen LogP contribution >= 0.6 is 11.8 Å². The molecule has 10 heteroatoms. The molecule has 0 aliphatic carbocycles. The van der Waals surface area contributed by atoms with E-state index in [2.05, 4.69) is 40.5 Å². The maximum absolute atomic E-state index is 12.5. The number of sulfonamides is 1. The minimum atomic E-state index is -3.38. The predicted octanol–water partition coefficient (Wildman–Crippen LogP) is 0.839. The molecule has 1 saturated heterocycles. The van der Waals surface area contributed by atoms with Gasteiger partial charge in [0.25, 0.3) is 0 Å². The first-order chi connectivity index (χ1) is 11.8. The van der Waals surface area contributed by atoms with Gasteiger partial charge in [-0.15, -0.1) is 0 Å². The van der Waals surface area contributed by atoms with Crippen LogP contribution in [0.2, 0.25) is 0 Å². The van der Waals surface area contributed by atoms with Crippen LogP contribution in [0.4, 0.5) is 0 Å². The zero-order valence-electron chi connectivity index (χ0n) is 15.2. The number of nitrogens with zero attached hydrogens (tertiary/aromatic N) is 4. The summed E-state index contributed by atoms with van der Waals surface area (Å²) < 4.78 is 31.3. The number of thioether (sulfide) groups is 1. The van der Waals surface area contributed by atoms with E-state index in [0.717, 1.165) is 12.5 Å². The Bertz CT molecular complexity index is 665. The van der Waals surface area contributed by atoms with Gasteiger partial charge in [-0.25, -0.2) is 8.42 Å². The smallest absolute Gasteiger partial charge is 0.220 e. The normalized spacial score (nSPS) is 17.8. The molecule has 1 aliphatic heterocycles. The minimum Gasteiger partial charge on any atom is -0.364 e. The molecule has 1 N–H and O–H groups in total. The Morgan fingerprint density at radius 3 is 2.60 bits per heavy atom. The van der Waals surface area contributed by atoms with Crippen molar-refractivity contribution in [1.82, 2.24) is 19.7 Å². The maximum Gasteiger partial charge on any atom is 0.220 e. The summed E-state index contributed by atoms with van der Waals surface area (Å²) in [6.45, 7) is 7.23. The van der Waals surface area contributed by atoms with E-state index in [-0.39, 0.29) is 10.5 Å². The largest absolute Gasteiger partial charge is 0.364 e. The summed E-state index contributed by atoms with van der Waals surface area (Å²) in [7, 11) is -1.63. The van der Waals surface area contributed by atoms with Gasteiger partial charge in [0, 0.05) is 50.6 Å². The third kappa shape index (κ3) is 5.61. The lowest BCUT2D eigenvalue weighted by molar-refractivity contribution is 0.259. The summed E-state index contributed by atoms with van der Waals surface area (Å²) in [6, 6.07) is 1.58. The van der Waals surface area contributed by atoms with E-state index in [0.29, 0.717) is 31.9 Å². The summed E-state index contributed by atoms with van der Waals surface area (Å²) in [6.07, 6.45) is 3.47. The van der Waals surface area contributed by atoms with Crippen LogP contribution in [0, 0.1) is 0 Å². The van der Waals surface area contributed by atoms with E-state index in [1.807, 2.05) is 0 Å². The van der Waals surface area contributed by atoms with Crippen molar-refractivity contribution in [2.45, 2.75) is 24.3 Å². The lowest BCUT2D eigenvalue weighted by Crippen LogP contribution is -2.55. The number of hydrogen-bond donors (Lipinski definition) is 1. The fourth-order valence-electron chi connectivity index (χ4n) is 2.46. The average Bonchev–Trinajstić information content (AvgIpc) is 3.08. The lowest BCUT2D eigenvalue weighted by atomic mass is 10.2. The van der Waals surface area contributed by atoms with Crippen molar-refractivity contribution in [2.75, 3.05) is 46.0 Å². The van der Waals surface area contributed by atoms with Gasteiger partial charge in [-0.05, 0) is 20.1 Å². The highest BCUT2D eigenvalue weighted by Crippen LogP contribution is 2.20. The third-order valence-corrected chi connectivity index (χ3v) is 7.25. The maximum atomic E-state index is 12.5. The van der Waals surface area contributed by atoms with Crippen LogP contribution in [-0.2, 0) is 15.8 Å². The van der Waals surface area contributed by atoms with Crippen molar-refractivity contribution in [2.24, 2.45) is 4.99 Å². The topological polar surface area (TPSA) is 91.0 Å². The molecule has 0 bridgehead atoms. The summed E-state index contributed by atoms with van der Waals surface area (Å²) in [5, 5.41) is 7.07. The van der Waals surface area contributed by atoms with Crippen molar-refractivity contribution < 1.29 is 12.9 Å². The molecular weight excluding hydrogens is 362 g/mol. The van der Waals surface area contributed by atoms with Gasteiger partial charge < -0.3 is 14.7 Å². The molecule has 1 fully saturated rings. The monoisotopic (exact) mass is 389 g/mol. The van der Waals surface area contributed by atoms with Crippen molar-refractivity contribution in [3.05, 3.63) is 18.0 Å². The minimum absolute atomic E-state index is 0.110. The van der Waals surface area contributed by atoms with E-state index >= 15 is 0 Å². The SMILES string of the molecule is CN=C(NCC(C)(C)SC)N1CCN(S(=O)(=O)Cc2ccon2)CC1. The molecule has 142 valence electrons. The van der Waals surface area contributed by atoms with Crippen molar-refractivity contribution in [1.29, 1.82) is 0 Å². The number of nitrogens with one attached hydrogen (secondary N) is 1. The van der Waals surface area contributed by atoms with Crippen LogP contribution < -0.4 is 5.32 Å². The number of aromatic nitrogens is 1. The highest BCUT2D eigenvalue weighted by atomic mass is 32.2. The Hall–Kier alpha value is -1.26. The van der Waals surface area contributed by atoms with Crippen LogP contribution in [0.3, 0.4) is 0 Å². The quantitative estimate of drug-likeness (QED) is 0.569. The second-order valence-electron chi connectivity index (χ2n) is 6.50. The molecule has 0 spiro atoms. The van der Waals surface area contributed by atoms with Crippen molar-refractivity contribution in [3.8, 4) is 0 Å². The summed E-state index contributed by atoms with van der Waals surface area (Å²) in [4.78, 5) is 6.42. The fraction of sp³-hybridized carbons (Fsp3) is 0.733. The molecular formula is C15H27N5O3S2. The molecule has 8 nitrogen and oxygen atoms in total. The zero-order valence-corrected chi connectivity index (χ0v) is 16.9. The summed E-state index contributed by atoms with van der Waals surface area (Å²) in [5.74, 6) is 0.689. The molecule has 0 amide bonds. The number of aliphatic imine (C=N–C) groups is 1. The van der Waals surface area contributed by atoms with Gasteiger partial charge in [0.05, 0.1) is 5.69 Å². The summed E-state index contributed by atoms with van der Waals surface area (Å²) >= 11 is 1.79. The van der Waals surface area contributed by atoms with E-state index < -0.39 is 10.0 Å². The molecule has 2 rings (SSSR count). The zero-order chi connectivity index (χ0) is 18.5. The van der Waals surface area contributed by atoms with E-state index in [1.165, 1.54) is 10.6 Å². The number of rotatable bonds is 6. The van der Waals surface area contributed by atoms with Crippen molar-refractivity contribution in [3.63, 3.8) is 0 Å². The van der Waals surface area contributed by atoms with E-state index in [1.54, 1.807) is 24.9 Å². The van der Waals surface area contributed by atoms with Gasteiger partial charge in [0.1, 0.15) is 12.0 Å². The van der Waals surface area contributed by atoms with Crippen LogP contribution in [-0.4, -0.2) is 79.5 Å². The molecule has 0 radical (unpaired) electrons. The molecule has 1 aliphatic rings. The Morgan fingerprint density at radius 1 is 1.40 bits per heavy atom. The molecule has 0 aromatic carbocycles. The summed E-state index contributed by atoms with van der Waals surface area (Å²) in [5.41, 5.74) is 0.430. The van der Waals surface area contributed by atoms with Gasteiger partial charge in [-0.2, -0.15) is 16.1 Å². The molecule has 0 atom stereocenters. The molecule has 0 unspecified atom stereocenters. The molecule has 1 aromatic rings. The van der Waals surface area contributed by atoms with Crippen LogP contribution in [0.15, 0.2) is 21.8 Å². The highest BCUT2D eigenvalue weighted by molar-refractivity contribution is 7.99. The Kier molecular flexibility index (Phi) is 6.75. The fourth-order valence-corrected chi connectivity index (χ4v) is 4.11. The Morgan fingerprint density at radius 2 is 2.08 bits per heavy atom. The van der Waals surface area contributed by atoms with Gasteiger partial charge in [0.2, 0.25) is 10.0 Å². The van der Waals surface area contributed by atoms with Crippen LogP contribution in [0.25, 0.3) is 0 Å². The van der Waals surface area contributed by atoms with Crippen LogP contribution in [0.5, 0.6) is 0 Å². The first-order valence-corrected chi connectivity index (χ1v) is 11.0. The average molecular weight is 390 g/mol. The Balaban J connectivity index is 1.89. The first-order valence-electron chi connectivity index (χ1n) is 8.15.